The lowest BCUT2D eigenvalue weighted by Gasteiger charge is -1.92. The molecule has 2 heterocycles. The summed E-state index contributed by atoms with van der Waals surface area (Å²) in [5.41, 5.74) is 2.43. The number of esters is 1. The summed E-state index contributed by atoms with van der Waals surface area (Å²) >= 11 is 6.67. The van der Waals surface area contributed by atoms with Crippen LogP contribution in [0.5, 0.6) is 0 Å². The molecule has 2 aromatic carbocycles. The van der Waals surface area contributed by atoms with Gasteiger partial charge in [0.25, 0.3) is 0 Å². The van der Waals surface area contributed by atoms with Crippen molar-refractivity contribution in [3.05, 3.63) is 68.9 Å². The summed E-state index contributed by atoms with van der Waals surface area (Å²) < 4.78 is 15.6. The summed E-state index contributed by atoms with van der Waals surface area (Å²) in [6, 6.07) is 14.8. The second-order valence-electron chi connectivity index (χ2n) is 5.81. The monoisotopic (exact) mass is 610 g/mol. The molecule has 0 radical (unpaired) electrons. The molecule has 0 amide bonds. The van der Waals surface area contributed by atoms with Gasteiger partial charge in [0.1, 0.15) is 11.4 Å². The van der Waals surface area contributed by atoms with Gasteiger partial charge in [-0.15, -0.1) is 0 Å². The third kappa shape index (κ3) is 7.65. The van der Waals surface area contributed by atoms with Crippen LogP contribution < -0.4 is 0 Å². The van der Waals surface area contributed by atoms with Crippen molar-refractivity contribution in [3.63, 3.8) is 0 Å². The predicted molar refractivity (Wildman–Crippen MR) is 130 cm³/mol. The number of benzene rings is 2. The lowest BCUT2D eigenvalue weighted by Crippen LogP contribution is -2.00. The van der Waals surface area contributed by atoms with Crippen molar-refractivity contribution >= 4 is 96.2 Å². The number of carboxylic acids is 1. The quantitative estimate of drug-likeness (QED) is 0.179. The first kappa shape index (κ1) is 25.4. The molecule has 31 heavy (non-hydrogen) atoms. The van der Waals surface area contributed by atoms with E-state index in [1.165, 1.54) is 7.11 Å². The minimum atomic E-state index is -1.67. The van der Waals surface area contributed by atoms with E-state index in [2.05, 4.69) is 67.9 Å². The molecule has 3 N–H and O–H groups in total. The molecule has 0 saturated carbocycles. The maximum absolute atomic E-state index is 11.2. The van der Waals surface area contributed by atoms with Crippen LogP contribution in [0, 0.1) is 0 Å². The molecule has 0 atom stereocenters. The molecule has 7 nitrogen and oxygen atoms in total. The van der Waals surface area contributed by atoms with E-state index in [4.69, 9.17) is 9.32 Å². The molecule has 0 saturated heterocycles. The molecule has 2 aromatic heterocycles. The van der Waals surface area contributed by atoms with E-state index in [0.29, 0.717) is 5.69 Å². The minimum absolute atomic E-state index is 0.216. The highest BCUT2D eigenvalue weighted by Crippen LogP contribution is 2.21. The summed E-state index contributed by atoms with van der Waals surface area (Å²) in [6.07, 6.45) is 0. The number of hydrogen-bond donors (Lipinski definition) is 3. The molecule has 0 unspecified atom stereocenters. The van der Waals surface area contributed by atoms with E-state index < -0.39 is 15.2 Å². The largest absolute Gasteiger partial charge is 0.477 e. The lowest BCUT2D eigenvalue weighted by atomic mass is 10.2. The van der Waals surface area contributed by atoms with Crippen LogP contribution in [0.2, 0.25) is 0 Å². The SMILES string of the molecule is COC(=O)c1cc2ccc(Br)cc2[nH]1.O=C(O)c1cc2ccc(Br)cc2[nH]1.O=S(Cl)Cl. The normalized spacial score (nSPS) is 10.3. The zero-order valence-corrected chi connectivity index (χ0v) is 21.1. The molecule has 4 rings (SSSR count). The van der Waals surface area contributed by atoms with Gasteiger partial charge in [-0.1, -0.05) is 44.0 Å². The summed E-state index contributed by atoms with van der Waals surface area (Å²) in [5.74, 6) is -1.29. The molecule has 0 spiro atoms. The van der Waals surface area contributed by atoms with Crippen LogP contribution >= 0.6 is 53.2 Å². The Morgan fingerprint density at radius 2 is 1.32 bits per heavy atom. The van der Waals surface area contributed by atoms with Crippen LogP contribution in [0.1, 0.15) is 21.0 Å². The lowest BCUT2D eigenvalue weighted by molar-refractivity contribution is 0.0594. The Balaban J connectivity index is 0.000000189. The number of methoxy groups -OCH3 is 1. The van der Waals surface area contributed by atoms with Gasteiger partial charge >= 0.3 is 11.9 Å². The first-order valence-corrected chi connectivity index (χ1v) is 12.6. The zero-order valence-electron chi connectivity index (χ0n) is 15.6. The van der Waals surface area contributed by atoms with Gasteiger partial charge in [-0.3, -0.25) is 0 Å². The highest BCUT2D eigenvalue weighted by molar-refractivity contribution is 9.10. The van der Waals surface area contributed by atoms with E-state index in [0.717, 1.165) is 30.8 Å². The van der Waals surface area contributed by atoms with Crippen molar-refractivity contribution in [1.29, 1.82) is 0 Å². The van der Waals surface area contributed by atoms with E-state index >= 15 is 0 Å². The van der Waals surface area contributed by atoms with Crippen molar-refractivity contribution in [2.75, 3.05) is 7.11 Å². The van der Waals surface area contributed by atoms with Crippen molar-refractivity contribution < 1.29 is 23.6 Å². The van der Waals surface area contributed by atoms with E-state index in [-0.39, 0.29) is 11.7 Å². The first-order valence-electron chi connectivity index (χ1n) is 8.23. The third-order valence-corrected chi connectivity index (χ3v) is 4.79. The molecule has 0 aliphatic rings. The maximum Gasteiger partial charge on any atom is 0.354 e. The molecule has 0 fully saturated rings. The number of aromatic carboxylic acids is 1. The number of ether oxygens (including phenoxy) is 1. The Labute approximate surface area is 204 Å². The van der Waals surface area contributed by atoms with Gasteiger partial charge in [0.05, 0.1) is 7.11 Å². The molecule has 0 aliphatic heterocycles. The maximum atomic E-state index is 11.2. The van der Waals surface area contributed by atoms with Gasteiger partial charge in [0.2, 0.25) is 9.23 Å². The van der Waals surface area contributed by atoms with Gasteiger partial charge < -0.3 is 19.8 Å². The Morgan fingerprint density at radius 1 is 0.903 bits per heavy atom. The molecule has 0 aliphatic carbocycles. The van der Waals surface area contributed by atoms with Gasteiger partial charge in [0, 0.05) is 52.1 Å². The number of fused-ring (bicyclic) bond motifs is 2. The fourth-order valence-electron chi connectivity index (χ4n) is 2.53. The Morgan fingerprint density at radius 3 is 1.74 bits per heavy atom. The summed E-state index contributed by atoms with van der Waals surface area (Å²) in [6.45, 7) is 0. The van der Waals surface area contributed by atoms with Crippen LogP contribution in [0.25, 0.3) is 21.8 Å². The van der Waals surface area contributed by atoms with Gasteiger partial charge in [-0.25, -0.2) is 13.8 Å². The number of carbonyl (C=O) groups is 2. The van der Waals surface area contributed by atoms with Crippen LogP contribution in [0.3, 0.4) is 0 Å². The average molecular weight is 613 g/mol. The second-order valence-corrected chi connectivity index (χ2v) is 10.2. The van der Waals surface area contributed by atoms with Gasteiger partial charge in [-0.05, 0) is 36.4 Å². The van der Waals surface area contributed by atoms with Crippen LogP contribution in [-0.4, -0.2) is 38.3 Å². The smallest absolute Gasteiger partial charge is 0.354 e. The summed E-state index contributed by atoms with van der Waals surface area (Å²) in [7, 11) is 8.72. The number of hydrogen-bond acceptors (Lipinski definition) is 4. The van der Waals surface area contributed by atoms with Crippen LogP contribution in [-0.2, 0) is 14.0 Å². The van der Waals surface area contributed by atoms with Gasteiger partial charge in [0.15, 0.2) is 0 Å². The fourth-order valence-corrected chi connectivity index (χ4v) is 3.26. The van der Waals surface area contributed by atoms with E-state index in [1.54, 1.807) is 12.1 Å². The molecule has 164 valence electrons. The fraction of sp³-hybridized carbons (Fsp3) is 0.0526. The molecular formula is C19H14Br2Cl2N2O5S. The van der Waals surface area contributed by atoms with Crippen LogP contribution in [0.4, 0.5) is 0 Å². The predicted octanol–water partition coefficient (Wildman–Crippen LogP) is 6.39. The highest BCUT2D eigenvalue weighted by atomic mass is 79.9. The number of aromatic amines is 2. The zero-order chi connectivity index (χ0) is 23.1. The van der Waals surface area contributed by atoms with Crippen LogP contribution in [0.15, 0.2) is 57.5 Å². The summed E-state index contributed by atoms with van der Waals surface area (Å²) in [4.78, 5) is 27.6. The molecule has 4 aromatic rings. The average Bonchev–Trinajstić information content (AvgIpc) is 3.30. The molecule has 0 bridgehead atoms. The number of aromatic nitrogens is 2. The number of halogens is 4. The van der Waals surface area contributed by atoms with E-state index in [1.807, 2.05) is 36.4 Å². The highest BCUT2D eigenvalue weighted by Gasteiger charge is 2.09. The number of nitrogens with one attached hydrogen (secondary N) is 2. The third-order valence-electron chi connectivity index (χ3n) is 3.80. The molecular weight excluding hydrogens is 599 g/mol. The second kappa shape index (κ2) is 11.7. The number of carbonyl (C=O) groups excluding carboxylic acids is 1. The Bertz CT molecular complexity index is 1250. The standard InChI is InChI=1S/C10H8BrNO2.C9H6BrNO2.Cl2OS/c1-14-10(13)9-4-6-2-3-7(11)5-8(6)12-9;10-6-2-1-5-3-8(9(12)13)11-7(5)4-6;1-4(2)3/h2-5,12H,1H3;1-4,11H,(H,12,13);. The van der Waals surface area contributed by atoms with E-state index in [9.17, 15) is 9.59 Å². The number of carboxylic acid groups (broad SMARTS) is 1. The number of H-pyrrole nitrogens is 2. The van der Waals surface area contributed by atoms with Crippen molar-refractivity contribution in [3.8, 4) is 0 Å². The Kier molecular flexibility index (Phi) is 9.57. The topological polar surface area (TPSA) is 112 Å². The van der Waals surface area contributed by atoms with Crippen molar-refractivity contribution in [2.24, 2.45) is 0 Å². The van der Waals surface area contributed by atoms with Gasteiger partial charge in [-0.2, -0.15) is 0 Å². The van der Waals surface area contributed by atoms with Crippen molar-refractivity contribution in [2.45, 2.75) is 0 Å². The first-order chi connectivity index (χ1) is 14.6. The number of rotatable bonds is 2. The molecule has 12 heteroatoms. The van der Waals surface area contributed by atoms with Crippen molar-refractivity contribution in [1.82, 2.24) is 9.97 Å². The Hall–Kier alpha value is -1.85. The minimum Gasteiger partial charge on any atom is -0.477 e. The summed E-state index contributed by atoms with van der Waals surface area (Å²) in [5, 5.41) is 10.6.